The SMILES string of the molecule is C=CC1CCC(CN(CC(C)C)C(C)(C)C)CC1.NC=O. The van der Waals surface area contributed by atoms with Crippen LogP contribution in [0.1, 0.15) is 60.3 Å². The molecule has 0 aromatic carbocycles. The molecule has 1 saturated carbocycles. The van der Waals surface area contributed by atoms with Gasteiger partial charge in [-0.05, 0) is 64.2 Å². The summed E-state index contributed by atoms with van der Waals surface area (Å²) in [5.41, 5.74) is 4.47. The van der Waals surface area contributed by atoms with Gasteiger partial charge in [0.2, 0.25) is 6.41 Å². The van der Waals surface area contributed by atoms with Gasteiger partial charge in [-0.25, -0.2) is 0 Å². The summed E-state index contributed by atoms with van der Waals surface area (Å²) in [6.07, 6.45) is 7.90. The van der Waals surface area contributed by atoms with Crippen LogP contribution in [0.3, 0.4) is 0 Å². The molecule has 1 aliphatic carbocycles. The second-order valence-corrected chi connectivity index (χ2v) is 7.62. The number of carbonyl (C=O) groups is 1. The van der Waals surface area contributed by atoms with E-state index in [0.717, 1.165) is 17.8 Å². The Hall–Kier alpha value is -0.830. The number of primary amides is 1. The third-order valence-electron chi connectivity index (χ3n) is 4.24. The van der Waals surface area contributed by atoms with E-state index in [2.05, 4.69) is 57.9 Å². The number of rotatable bonds is 5. The van der Waals surface area contributed by atoms with Crippen molar-refractivity contribution in [2.45, 2.75) is 65.8 Å². The van der Waals surface area contributed by atoms with E-state index >= 15 is 0 Å². The van der Waals surface area contributed by atoms with E-state index in [1.54, 1.807) is 0 Å². The van der Waals surface area contributed by atoms with Gasteiger partial charge in [-0.2, -0.15) is 0 Å². The second-order valence-electron chi connectivity index (χ2n) is 7.62. The quantitative estimate of drug-likeness (QED) is 0.619. The zero-order chi connectivity index (χ0) is 16.5. The lowest BCUT2D eigenvalue weighted by molar-refractivity contribution is -0.106. The molecule has 1 rings (SSSR count). The van der Waals surface area contributed by atoms with Crippen molar-refractivity contribution in [3.05, 3.63) is 12.7 Å². The first-order valence-corrected chi connectivity index (χ1v) is 8.27. The number of nitrogens with zero attached hydrogens (tertiary/aromatic N) is 1. The molecule has 1 aliphatic rings. The molecule has 3 nitrogen and oxygen atoms in total. The molecule has 0 spiro atoms. The van der Waals surface area contributed by atoms with E-state index in [-0.39, 0.29) is 6.41 Å². The molecule has 21 heavy (non-hydrogen) atoms. The normalized spacial score (nSPS) is 22.6. The van der Waals surface area contributed by atoms with Crippen molar-refractivity contribution in [1.82, 2.24) is 4.90 Å². The summed E-state index contributed by atoms with van der Waals surface area (Å²) in [4.78, 5) is 11.3. The number of nitrogens with two attached hydrogens (primary N) is 1. The van der Waals surface area contributed by atoms with Gasteiger partial charge in [0.1, 0.15) is 0 Å². The molecule has 0 aromatic rings. The lowest BCUT2D eigenvalue weighted by atomic mass is 9.81. The van der Waals surface area contributed by atoms with Gasteiger partial charge in [-0.1, -0.05) is 19.9 Å². The lowest BCUT2D eigenvalue weighted by Crippen LogP contribution is -2.46. The number of amides is 1. The molecular formula is C18H36N2O. The van der Waals surface area contributed by atoms with E-state index in [4.69, 9.17) is 4.79 Å². The highest BCUT2D eigenvalue weighted by atomic mass is 16.1. The van der Waals surface area contributed by atoms with Crippen LogP contribution in [-0.4, -0.2) is 29.9 Å². The van der Waals surface area contributed by atoms with E-state index in [1.807, 2.05) is 0 Å². The van der Waals surface area contributed by atoms with E-state index in [9.17, 15) is 0 Å². The topological polar surface area (TPSA) is 46.3 Å². The highest BCUT2D eigenvalue weighted by Crippen LogP contribution is 2.31. The van der Waals surface area contributed by atoms with Gasteiger partial charge in [0.05, 0.1) is 0 Å². The maximum absolute atomic E-state index is 8.58. The van der Waals surface area contributed by atoms with Gasteiger partial charge in [0.25, 0.3) is 0 Å². The van der Waals surface area contributed by atoms with Crippen LogP contribution in [0, 0.1) is 17.8 Å². The predicted octanol–water partition coefficient (Wildman–Crippen LogP) is 3.84. The first kappa shape index (κ1) is 20.2. The van der Waals surface area contributed by atoms with E-state index in [0.29, 0.717) is 5.54 Å². The average molecular weight is 296 g/mol. The van der Waals surface area contributed by atoms with Gasteiger partial charge >= 0.3 is 0 Å². The minimum atomic E-state index is 0.250. The molecule has 0 bridgehead atoms. The molecule has 2 N–H and O–H groups in total. The molecule has 0 saturated heterocycles. The molecule has 0 atom stereocenters. The van der Waals surface area contributed by atoms with Crippen LogP contribution in [-0.2, 0) is 4.79 Å². The van der Waals surface area contributed by atoms with Gasteiger partial charge in [0.15, 0.2) is 0 Å². The Morgan fingerprint density at radius 1 is 1.24 bits per heavy atom. The first-order chi connectivity index (χ1) is 9.74. The Labute approximate surface area is 132 Å². The van der Waals surface area contributed by atoms with Crippen molar-refractivity contribution in [2.24, 2.45) is 23.5 Å². The highest BCUT2D eigenvalue weighted by Gasteiger charge is 2.27. The minimum absolute atomic E-state index is 0.250. The van der Waals surface area contributed by atoms with Crippen LogP contribution in [0.5, 0.6) is 0 Å². The smallest absolute Gasteiger partial charge is 0.204 e. The Kier molecular flexibility index (Phi) is 9.60. The second kappa shape index (κ2) is 9.99. The predicted molar refractivity (Wildman–Crippen MR) is 92.1 cm³/mol. The average Bonchev–Trinajstić information content (AvgIpc) is 2.38. The Bertz CT molecular complexity index is 286. The summed E-state index contributed by atoms with van der Waals surface area (Å²) in [6.45, 7) is 18.2. The van der Waals surface area contributed by atoms with Crippen LogP contribution in [0.25, 0.3) is 0 Å². The number of carbonyl (C=O) groups excluding carboxylic acids is 1. The zero-order valence-corrected chi connectivity index (χ0v) is 14.8. The molecule has 0 radical (unpaired) electrons. The summed E-state index contributed by atoms with van der Waals surface area (Å²) < 4.78 is 0. The number of hydrogen-bond acceptors (Lipinski definition) is 2. The molecule has 1 fully saturated rings. The van der Waals surface area contributed by atoms with Gasteiger partial charge in [0, 0.05) is 18.6 Å². The van der Waals surface area contributed by atoms with Crippen molar-refractivity contribution in [3.8, 4) is 0 Å². The summed E-state index contributed by atoms with van der Waals surface area (Å²) >= 11 is 0. The molecule has 124 valence electrons. The number of hydrogen-bond donors (Lipinski definition) is 1. The third-order valence-corrected chi connectivity index (χ3v) is 4.24. The maximum atomic E-state index is 8.58. The molecule has 0 heterocycles. The summed E-state index contributed by atoms with van der Waals surface area (Å²) in [5, 5.41) is 0. The van der Waals surface area contributed by atoms with Crippen molar-refractivity contribution in [2.75, 3.05) is 13.1 Å². The van der Waals surface area contributed by atoms with Crippen molar-refractivity contribution < 1.29 is 4.79 Å². The van der Waals surface area contributed by atoms with Crippen molar-refractivity contribution >= 4 is 6.41 Å². The van der Waals surface area contributed by atoms with Gasteiger partial charge in [-0.15, -0.1) is 6.58 Å². The summed E-state index contributed by atoms with van der Waals surface area (Å²) in [5.74, 6) is 2.45. The van der Waals surface area contributed by atoms with Crippen molar-refractivity contribution in [3.63, 3.8) is 0 Å². The fraction of sp³-hybridized carbons (Fsp3) is 0.833. The van der Waals surface area contributed by atoms with Crippen LogP contribution in [0.4, 0.5) is 0 Å². The van der Waals surface area contributed by atoms with Crippen LogP contribution >= 0.6 is 0 Å². The minimum Gasteiger partial charge on any atom is -0.372 e. The summed E-state index contributed by atoms with van der Waals surface area (Å²) in [6, 6.07) is 0. The zero-order valence-electron chi connectivity index (χ0n) is 14.8. The Morgan fingerprint density at radius 3 is 2.05 bits per heavy atom. The van der Waals surface area contributed by atoms with Crippen LogP contribution in [0.2, 0.25) is 0 Å². The maximum Gasteiger partial charge on any atom is 0.204 e. The van der Waals surface area contributed by atoms with Crippen LogP contribution < -0.4 is 5.73 Å². The van der Waals surface area contributed by atoms with E-state index < -0.39 is 0 Å². The fourth-order valence-corrected chi connectivity index (χ4v) is 2.98. The molecule has 0 unspecified atom stereocenters. The van der Waals surface area contributed by atoms with Crippen molar-refractivity contribution in [1.29, 1.82) is 0 Å². The first-order valence-electron chi connectivity index (χ1n) is 8.27. The molecule has 3 heteroatoms. The number of allylic oxidation sites excluding steroid dienone is 1. The molecule has 1 amide bonds. The Morgan fingerprint density at radius 2 is 1.71 bits per heavy atom. The lowest BCUT2D eigenvalue weighted by Gasteiger charge is -2.40. The van der Waals surface area contributed by atoms with Crippen LogP contribution in [0.15, 0.2) is 12.7 Å². The third kappa shape index (κ3) is 8.92. The standard InChI is InChI=1S/C17H33N.CH3NO/c1-7-15-8-10-16(11-9-15)13-18(12-14(2)3)17(4,5)6;2-1-3/h7,14-16H,1,8-13H2,2-6H3;1H,(H2,2,3). The van der Waals surface area contributed by atoms with E-state index in [1.165, 1.54) is 38.8 Å². The monoisotopic (exact) mass is 296 g/mol. The Balaban J connectivity index is 0.00000122. The molecule has 0 aliphatic heterocycles. The fourth-order valence-electron chi connectivity index (χ4n) is 2.98. The summed E-state index contributed by atoms with van der Waals surface area (Å²) in [7, 11) is 0. The molecule has 0 aromatic heterocycles. The largest absolute Gasteiger partial charge is 0.372 e. The molecular weight excluding hydrogens is 260 g/mol. The highest BCUT2D eigenvalue weighted by molar-refractivity contribution is 5.42. The van der Waals surface area contributed by atoms with Gasteiger partial charge < -0.3 is 5.73 Å². The van der Waals surface area contributed by atoms with Gasteiger partial charge in [-0.3, -0.25) is 9.69 Å².